The molecule has 0 amide bonds. The highest BCUT2D eigenvalue weighted by atomic mass is 35.5. The number of nitrogens with one attached hydrogen (secondary N) is 2. The number of fused-ring (bicyclic) bond motifs is 1. The minimum Gasteiger partial charge on any atom is -0.412 e. The molecule has 0 fully saturated rings. The number of hydrogen-bond acceptors (Lipinski definition) is 8. The smallest absolute Gasteiger partial charge is 0.224 e. The van der Waals surface area contributed by atoms with E-state index in [-0.39, 0.29) is 53.6 Å². The van der Waals surface area contributed by atoms with Crippen LogP contribution in [0.15, 0.2) is 0 Å². The fraction of sp³-hybridized carbons (Fsp3) is 0.556. The Labute approximate surface area is 133 Å². The molecule has 2 rings (SSSR count). The van der Waals surface area contributed by atoms with Gasteiger partial charge in [0.1, 0.15) is 11.8 Å². The minimum absolute atomic E-state index is 0. The number of aromatic nitrogens is 2. The number of rotatable bonds is 2. The minimum atomic E-state index is -0.910. The molecule has 1 aromatic heterocycles. The highest BCUT2D eigenvalue weighted by Crippen LogP contribution is 2.30. The highest BCUT2D eigenvalue weighted by molar-refractivity contribution is 5.85. The summed E-state index contributed by atoms with van der Waals surface area (Å²) in [7, 11) is 0. The molecule has 0 saturated heterocycles. The molecule has 0 unspecified atom stereocenters. The number of hydrogen-bond donors (Lipinski definition) is 6. The summed E-state index contributed by atoms with van der Waals surface area (Å²) >= 11 is 0. The molecule has 21 heavy (non-hydrogen) atoms. The van der Waals surface area contributed by atoms with Crippen molar-refractivity contribution in [1.29, 1.82) is 0 Å². The predicted molar refractivity (Wildman–Crippen MR) is 86.2 cm³/mol. The van der Waals surface area contributed by atoms with Crippen molar-refractivity contribution >= 4 is 48.1 Å². The molecule has 10 nitrogen and oxygen atoms in total. The Balaban J connectivity index is -0.000000810. The Kier molecular flexibility index (Phi) is 11.3. The SMILES string of the molecule is C[C@H](O)[C@H](O)[C@H]1CNc2nc(N)nc(N)c2N1.Cl.Cl.O.O. The van der Waals surface area contributed by atoms with Crippen LogP contribution in [-0.2, 0) is 0 Å². The predicted octanol–water partition coefficient (Wildman–Crippen LogP) is -2.22. The van der Waals surface area contributed by atoms with Gasteiger partial charge in [0.2, 0.25) is 5.95 Å². The molecule has 0 aromatic carbocycles. The second kappa shape index (κ2) is 9.60. The standard InChI is InChI=1S/C9H16N6O2.2ClH.2H2O/c1-3(16)6(17)4-2-12-8-5(13-4)7(10)14-9(11)15-8;;;;/h3-4,6,13,16-17H,2H2,1H3,(H5,10,11,12,14,15);2*1H;2*1H2/t3-,4+,6-;;;;/m0..../s1. The van der Waals surface area contributed by atoms with E-state index in [1.165, 1.54) is 6.92 Å². The number of nitrogen functional groups attached to an aromatic ring is 2. The van der Waals surface area contributed by atoms with Gasteiger partial charge in [0.25, 0.3) is 0 Å². The number of nitrogens with two attached hydrogens (primary N) is 2. The van der Waals surface area contributed by atoms with Crippen LogP contribution in [0.2, 0.25) is 0 Å². The zero-order valence-corrected chi connectivity index (χ0v) is 12.8. The van der Waals surface area contributed by atoms with Gasteiger partial charge in [-0.15, -0.1) is 24.8 Å². The van der Waals surface area contributed by atoms with Crippen molar-refractivity contribution in [2.45, 2.75) is 25.2 Å². The normalized spacial score (nSPS) is 17.8. The van der Waals surface area contributed by atoms with E-state index in [2.05, 4.69) is 20.6 Å². The largest absolute Gasteiger partial charge is 0.412 e. The maximum atomic E-state index is 9.76. The zero-order valence-electron chi connectivity index (χ0n) is 11.2. The van der Waals surface area contributed by atoms with Crippen molar-refractivity contribution in [3.8, 4) is 0 Å². The van der Waals surface area contributed by atoms with E-state index in [1.807, 2.05) is 0 Å². The van der Waals surface area contributed by atoms with Crippen molar-refractivity contribution in [2.75, 3.05) is 28.6 Å². The Hall–Kier alpha value is -1.30. The van der Waals surface area contributed by atoms with Crippen LogP contribution in [0.3, 0.4) is 0 Å². The van der Waals surface area contributed by atoms with Gasteiger partial charge in [-0.25, -0.2) is 0 Å². The molecule has 3 atom stereocenters. The fourth-order valence-electron chi connectivity index (χ4n) is 1.75. The van der Waals surface area contributed by atoms with E-state index in [1.54, 1.807) is 0 Å². The molecule has 1 aliphatic rings. The molecule has 0 aliphatic carbocycles. The van der Waals surface area contributed by atoms with Crippen molar-refractivity contribution < 1.29 is 21.2 Å². The van der Waals surface area contributed by atoms with Crippen LogP contribution >= 0.6 is 24.8 Å². The second-order valence-electron chi connectivity index (χ2n) is 4.05. The summed E-state index contributed by atoms with van der Waals surface area (Å²) in [6, 6.07) is -0.364. The molecule has 126 valence electrons. The molecule has 1 aromatic rings. The van der Waals surface area contributed by atoms with E-state index >= 15 is 0 Å². The lowest BCUT2D eigenvalue weighted by Crippen LogP contribution is -2.47. The van der Waals surface area contributed by atoms with Gasteiger partial charge in [-0.2, -0.15) is 9.97 Å². The number of nitrogens with zero attached hydrogens (tertiary/aromatic N) is 2. The van der Waals surface area contributed by atoms with Crippen molar-refractivity contribution in [1.82, 2.24) is 9.97 Å². The fourth-order valence-corrected chi connectivity index (χ4v) is 1.75. The van der Waals surface area contributed by atoms with Gasteiger partial charge in [0.05, 0.1) is 12.1 Å². The average Bonchev–Trinajstić information content (AvgIpc) is 2.27. The third-order valence-corrected chi connectivity index (χ3v) is 2.68. The first-order valence-electron chi connectivity index (χ1n) is 5.28. The van der Waals surface area contributed by atoms with Gasteiger partial charge in [-0.1, -0.05) is 0 Å². The van der Waals surface area contributed by atoms with Gasteiger partial charge >= 0.3 is 0 Å². The van der Waals surface area contributed by atoms with Crippen LogP contribution in [0.1, 0.15) is 6.92 Å². The average molecular weight is 349 g/mol. The zero-order chi connectivity index (χ0) is 12.6. The topological polar surface area (TPSA) is 205 Å². The first-order chi connectivity index (χ1) is 7.99. The van der Waals surface area contributed by atoms with E-state index in [0.717, 1.165) is 0 Å². The summed E-state index contributed by atoms with van der Waals surface area (Å²) in [6.07, 6.45) is -1.75. The summed E-state index contributed by atoms with van der Waals surface area (Å²) in [5.41, 5.74) is 11.7. The highest BCUT2D eigenvalue weighted by Gasteiger charge is 2.29. The third kappa shape index (κ3) is 5.19. The number of aliphatic hydroxyl groups is 2. The van der Waals surface area contributed by atoms with Crippen LogP contribution in [0, 0.1) is 0 Å². The molecule has 12 N–H and O–H groups in total. The molecule has 0 saturated carbocycles. The van der Waals surface area contributed by atoms with Crippen molar-refractivity contribution in [3.05, 3.63) is 0 Å². The van der Waals surface area contributed by atoms with Gasteiger partial charge < -0.3 is 43.3 Å². The summed E-state index contributed by atoms with van der Waals surface area (Å²) in [5, 5.41) is 25.1. The Morgan fingerprint density at radius 1 is 1.19 bits per heavy atom. The van der Waals surface area contributed by atoms with Gasteiger partial charge in [0.15, 0.2) is 11.6 Å². The van der Waals surface area contributed by atoms with Gasteiger partial charge in [0, 0.05) is 6.54 Å². The Morgan fingerprint density at radius 2 is 1.76 bits per heavy atom. The summed E-state index contributed by atoms with van der Waals surface area (Å²) < 4.78 is 0. The van der Waals surface area contributed by atoms with Crippen LogP contribution in [-0.4, -0.2) is 55.9 Å². The van der Waals surface area contributed by atoms with E-state index in [9.17, 15) is 10.2 Å². The second-order valence-corrected chi connectivity index (χ2v) is 4.05. The van der Waals surface area contributed by atoms with Crippen LogP contribution in [0.5, 0.6) is 0 Å². The number of aliphatic hydroxyl groups excluding tert-OH is 2. The summed E-state index contributed by atoms with van der Waals surface area (Å²) in [5.74, 6) is 0.802. The molecule has 12 heteroatoms. The summed E-state index contributed by atoms with van der Waals surface area (Å²) in [6.45, 7) is 1.93. The van der Waals surface area contributed by atoms with Gasteiger partial charge in [-0.3, -0.25) is 0 Å². The molecular formula is C9H22Cl2N6O4. The molecule has 1 aliphatic heterocycles. The first-order valence-corrected chi connectivity index (χ1v) is 5.28. The quantitative estimate of drug-likeness (QED) is 0.344. The number of halogens is 2. The number of anilines is 4. The Morgan fingerprint density at radius 3 is 2.29 bits per heavy atom. The molecule has 2 heterocycles. The van der Waals surface area contributed by atoms with E-state index in [0.29, 0.717) is 18.1 Å². The summed E-state index contributed by atoms with van der Waals surface area (Å²) in [4.78, 5) is 7.81. The van der Waals surface area contributed by atoms with Crippen molar-refractivity contribution in [2.24, 2.45) is 0 Å². The Bertz CT molecular complexity index is 439. The van der Waals surface area contributed by atoms with Crippen molar-refractivity contribution in [3.63, 3.8) is 0 Å². The molecule has 0 bridgehead atoms. The molecule has 0 radical (unpaired) electrons. The lowest BCUT2D eigenvalue weighted by atomic mass is 10.0. The van der Waals surface area contributed by atoms with Gasteiger partial charge in [-0.05, 0) is 6.92 Å². The monoisotopic (exact) mass is 348 g/mol. The maximum absolute atomic E-state index is 9.76. The van der Waals surface area contributed by atoms with Crippen LogP contribution < -0.4 is 22.1 Å². The molecule has 0 spiro atoms. The van der Waals surface area contributed by atoms with E-state index in [4.69, 9.17) is 11.5 Å². The lowest BCUT2D eigenvalue weighted by molar-refractivity contribution is 0.0214. The lowest BCUT2D eigenvalue weighted by Gasteiger charge is -2.32. The molecular weight excluding hydrogens is 327 g/mol. The first kappa shape index (κ1) is 24.7. The maximum Gasteiger partial charge on any atom is 0.224 e. The van der Waals surface area contributed by atoms with Crippen LogP contribution in [0.25, 0.3) is 0 Å². The van der Waals surface area contributed by atoms with Crippen LogP contribution in [0.4, 0.5) is 23.3 Å². The van der Waals surface area contributed by atoms with E-state index < -0.39 is 12.2 Å². The third-order valence-electron chi connectivity index (χ3n) is 2.68.